The Hall–Kier alpha value is -1.64. The molecule has 1 aromatic carbocycles. The van der Waals surface area contributed by atoms with Crippen molar-refractivity contribution in [1.82, 2.24) is 25.0 Å². The first-order valence-electron chi connectivity index (χ1n) is 9.98. The van der Waals surface area contributed by atoms with E-state index in [1.54, 1.807) is 12.7 Å². The summed E-state index contributed by atoms with van der Waals surface area (Å²) in [5.41, 5.74) is 2.88. The molecule has 1 atom stereocenters. The molecule has 1 aliphatic rings. The lowest BCUT2D eigenvalue weighted by Crippen LogP contribution is -2.49. The van der Waals surface area contributed by atoms with E-state index in [1.807, 2.05) is 11.7 Å². The maximum atomic E-state index is 4.54. The Kier molecular flexibility index (Phi) is 8.72. The molecule has 1 N–H and O–H groups in total. The number of hydrogen-bond donors (Lipinski definition) is 1. The Balaban J connectivity index is 0.00000280. The van der Waals surface area contributed by atoms with Gasteiger partial charge in [0.2, 0.25) is 0 Å². The maximum absolute atomic E-state index is 4.54. The topological polar surface area (TPSA) is 58.3 Å². The summed E-state index contributed by atoms with van der Waals surface area (Å²) >= 11 is 0. The Morgan fingerprint density at radius 2 is 2.14 bits per heavy atom. The molecular weight excluding hydrogens is 463 g/mol. The van der Waals surface area contributed by atoms with Crippen molar-refractivity contribution in [1.29, 1.82) is 0 Å². The van der Waals surface area contributed by atoms with Crippen molar-refractivity contribution in [2.24, 2.45) is 10.4 Å². The average Bonchev–Trinajstić information content (AvgIpc) is 3.16. The van der Waals surface area contributed by atoms with E-state index in [9.17, 15) is 0 Å². The molecule has 1 aliphatic heterocycles. The summed E-state index contributed by atoms with van der Waals surface area (Å²) in [6.07, 6.45) is 8.40. The largest absolute Gasteiger partial charge is 0.352 e. The van der Waals surface area contributed by atoms with Crippen LogP contribution in [0.2, 0.25) is 0 Å². The fraction of sp³-hybridized carbons (Fsp3) is 0.571. The zero-order valence-electron chi connectivity index (χ0n) is 17.3. The molecular formula is C21H33IN6. The van der Waals surface area contributed by atoms with Crippen LogP contribution in [-0.4, -0.2) is 45.8 Å². The van der Waals surface area contributed by atoms with E-state index < -0.39 is 0 Å². The Morgan fingerprint density at radius 1 is 1.32 bits per heavy atom. The fourth-order valence-corrected chi connectivity index (χ4v) is 4.16. The first-order valence-corrected chi connectivity index (χ1v) is 9.98. The van der Waals surface area contributed by atoms with Crippen molar-refractivity contribution in [3.63, 3.8) is 0 Å². The van der Waals surface area contributed by atoms with Crippen molar-refractivity contribution in [2.45, 2.75) is 52.6 Å². The van der Waals surface area contributed by atoms with Gasteiger partial charge in [-0.1, -0.05) is 44.5 Å². The molecule has 1 unspecified atom stereocenters. The predicted octanol–water partition coefficient (Wildman–Crippen LogP) is 3.92. The third-order valence-corrected chi connectivity index (χ3v) is 5.40. The molecule has 0 spiro atoms. The van der Waals surface area contributed by atoms with E-state index in [0.717, 1.165) is 32.1 Å². The van der Waals surface area contributed by atoms with Gasteiger partial charge in [-0.3, -0.25) is 4.99 Å². The van der Waals surface area contributed by atoms with Gasteiger partial charge in [0.25, 0.3) is 0 Å². The number of rotatable bonds is 6. The van der Waals surface area contributed by atoms with Gasteiger partial charge in [0.05, 0.1) is 6.54 Å². The minimum Gasteiger partial charge on any atom is -0.352 e. The molecule has 1 aromatic heterocycles. The number of aromatic nitrogens is 3. The molecule has 154 valence electrons. The highest BCUT2D eigenvalue weighted by Crippen LogP contribution is 2.33. The number of hydrogen-bond acceptors (Lipinski definition) is 3. The Morgan fingerprint density at radius 3 is 2.86 bits per heavy atom. The normalized spacial score (nSPS) is 20.0. The zero-order valence-corrected chi connectivity index (χ0v) is 19.6. The molecule has 2 aromatic rings. The SMILES string of the molecule is CCCC1(C)CCCN(C(=NC)NCc2cccc(Cn3cncn3)c2)C1.I. The molecule has 2 heterocycles. The second-order valence-electron chi connectivity index (χ2n) is 7.90. The van der Waals surface area contributed by atoms with Crippen molar-refractivity contribution >= 4 is 29.9 Å². The monoisotopic (exact) mass is 496 g/mol. The summed E-state index contributed by atoms with van der Waals surface area (Å²) < 4.78 is 1.84. The predicted molar refractivity (Wildman–Crippen MR) is 125 cm³/mol. The van der Waals surface area contributed by atoms with Crippen LogP contribution in [0.25, 0.3) is 0 Å². The van der Waals surface area contributed by atoms with Crippen LogP contribution in [0.3, 0.4) is 0 Å². The molecule has 0 amide bonds. The molecule has 0 saturated carbocycles. The highest BCUT2D eigenvalue weighted by Gasteiger charge is 2.31. The van der Waals surface area contributed by atoms with Crippen LogP contribution in [0.1, 0.15) is 50.7 Å². The number of likely N-dealkylation sites (tertiary alicyclic amines) is 1. The van der Waals surface area contributed by atoms with Gasteiger partial charge in [-0.15, -0.1) is 24.0 Å². The average molecular weight is 496 g/mol. The number of halogens is 1. The molecule has 6 nitrogen and oxygen atoms in total. The van der Waals surface area contributed by atoms with Gasteiger partial charge in [0.15, 0.2) is 5.96 Å². The van der Waals surface area contributed by atoms with Gasteiger partial charge in [0, 0.05) is 26.7 Å². The van der Waals surface area contributed by atoms with Gasteiger partial charge in [-0.2, -0.15) is 5.10 Å². The minimum absolute atomic E-state index is 0. The number of piperidine rings is 1. The molecule has 3 rings (SSSR count). The first-order chi connectivity index (χ1) is 13.1. The summed E-state index contributed by atoms with van der Waals surface area (Å²) in [5, 5.41) is 7.75. The summed E-state index contributed by atoms with van der Waals surface area (Å²) in [4.78, 5) is 11.0. The molecule has 1 saturated heterocycles. The maximum Gasteiger partial charge on any atom is 0.193 e. The number of benzene rings is 1. The zero-order chi connectivity index (χ0) is 19.1. The van der Waals surface area contributed by atoms with Gasteiger partial charge in [-0.25, -0.2) is 9.67 Å². The van der Waals surface area contributed by atoms with Crippen LogP contribution in [0.5, 0.6) is 0 Å². The lowest BCUT2D eigenvalue weighted by Gasteiger charge is -2.42. The third kappa shape index (κ3) is 6.18. The van der Waals surface area contributed by atoms with Crippen molar-refractivity contribution in [2.75, 3.05) is 20.1 Å². The van der Waals surface area contributed by atoms with E-state index in [4.69, 9.17) is 0 Å². The van der Waals surface area contributed by atoms with Crippen molar-refractivity contribution in [3.8, 4) is 0 Å². The van der Waals surface area contributed by atoms with Crippen molar-refractivity contribution < 1.29 is 0 Å². The summed E-state index contributed by atoms with van der Waals surface area (Å²) in [6.45, 7) is 8.40. The van der Waals surface area contributed by atoms with Gasteiger partial charge < -0.3 is 10.2 Å². The number of guanidine groups is 1. The molecule has 0 bridgehead atoms. The van der Waals surface area contributed by atoms with Crippen LogP contribution in [0.4, 0.5) is 0 Å². The van der Waals surface area contributed by atoms with E-state index in [-0.39, 0.29) is 24.0 Å². The van der Waals surface area contributed by atoms with E-state index in [0.29, 0.717) is 5.41 Å². The molecule has 0 aliphatic carbocycles. The second kappa shape index (κ2) is 10.8. The number of nitrogens with one attached hydrogen (secondary N) is 1. The molecule has 0 radical (unpaired) electrons. The van der Waals surface area contributed by atoms with Gasteiger partial charge >= 0.3 is 0 Å². The van der Waals surface area contributed by atoms with Crippen LogP contribution < -0.4 is 5.32 Å². The second-order valence-corrected chi connectivity index (χ2v) is 7.90. The highest BCUT2D eigenvalue weighted by atomic mass is 127. The smallest absolute Gasteiger partial charge is 0.193 e. The minimum atomic E-state index is 0. The third-order valence-electron chi connectivity index (χ3n) is 5.40. The Bertz CT molecular complexity index is 741. The molecule has 7 heteroatoms. The van der Waals surface area contributed by atoms with Crippen LogP contribution >= 0.6 is 24.0 Å². The molecule has 1 fully saturated rings. The van der Waals surface area contributed by atoms with E-state index in [1.165, 1.54) is 36.8 Å². The highest BCUT2D eigenvalue weighted by molar-refractivity contribution is 14.0. The Labute approximate surface area is 185 Å². The quantitative estimate of drug-likeness (QED) is 0.374. The summed E-state index contributed by atoms with van der Waals surface area (Å²) in [7, 11) is 1.88. The van der Waals surface area contributed by atoms with Gasteiger partial charge in [-0.05, 0) is 35.8 Å². The van der Waals surface area contributed by atoms with E-state index in [2.05, 4.69) is 63.4 Å². The van der Waals surface area contributed by atoms with Crippen LogP contribution in [0.15, 0.2) is 41.9 Å². The van der Waals surface area contributed by atoms with Crippen LogP contribution in [0, 0.1) is 5.41 Å². The number of aliphatic imine (C=N–C) groups is 1. The first kappa shape index (κ1) is 22.6. The lowest BCUT2D eigenvalue weighted by atomic mass is 9.78. The number of nitrogens with zero attached hydrogens (tertiary/aromatic N) is 5. The fourth-order valence-electron chi connectivity index (χ4n) is 4.16. The molecule has 28 heavy (non-hydrogen) atoms. The standard InChI is InChI=1S/C21H32N6.HI/c1-4-9-21(2)10-6-11-26(15-21)20(22-3)24-13-18-7-5-8-19(12-18)14-27-17-23-16-25-27;/h5,7-8,12,16-17H,4,6,9-11,13-15H2,1-3H3,(H,22,24);1H. The summed E-state index contributed by atoms with van der Waals surface area (Å²) in [6, 6.07) is 8.61. The van der Waals surface area contributed by atoms with Crippen LogP contribution in [-0.2, 0) is 13.1 Å². The van der Waals surface area contributed by atoms with Crippen molar-refractivity contribution in [3.05, 3.63) is 48.0 Å². The summed E-state index contributed by atoms with van der Waals surface area (Å²) in [5.74, 6) is 1.01. The van der Waals surface area contributed by atoms with E-state index >= 15 is 0 Å². The lowest BCUT2D eigenvalue weighted by molar-refractivity contribution is 0.142. The van der Waals surface area contributed by atoms with Gasteiger partial charge in [0.1, 0.15) is 12.7 Å².